The Bertz CT molecular complexity index is 297. The van der Waals surface area contributed by atoms with Gasteiger partial charge in [-0.1, -0.05) is 13.0 Å². The molecule has 78 valence electrons. The van der Waals surface area contributed by atoms with Crippen molar-refractivity contribution in [1.29, 1.82) is 0 Å². The lowest BCUT2D eigenvalue weighted by Crippen LogP contribution is -2.30. The number of hydrogen-bond acceptors (Lipinski definition) is 3. The minimum atomic E-state index is 0.0688. The van der Waals surface area contributed by atoms with Crippen LogP contribution in [0.2, 0.25) is 0 Å². The number of rotatable bonds is 4. The fourth-order valence-corrected chi connectivity index (χ4v) is 1.03. The number of pyridine rings is 1. The topological polar surface area (TPSA) is 34.1 Å². The van der Waals surface area contributed by atoms with E-state index in [1.165, 1.54) is 0 Å². The van der Waals surface area contributed by atoms with Gasteiger partial charge in [0.05, 0.1) is 7.11 Å². The zero-order valence-electron chi connectivity index (χ0n) is 9.29. The first kappa shape index (κ1) is 10.8. The van der Waals surface area contributed by atoms with Crippen LogP contribution in [0.4, 0.5) is 5.82 Å². The molecule has 1 N–H and O–H groups in total. The summed E-state index contributed by atoms with van der Waals surface area (Å²) in [7, 11) is 1.62. The molecule has 1 heterocycles. The number of hydrogen-bond donors (Lipinski definition) is 1. The Kier molecular flexibility index (Phi) is 3.33. The second kappa shape index (κ2) is 4.31. The summed E-state index contributed by atoms with van der Waals surface area (Å²) in [4.78, 5) is 4.29. The molecule has 0 aliphatic heterocycles. The minimum Gasteiger partial charge on any atom is -0.481 e. The van der Waals surface area contributed by atoms with Gasteiger partial charge in [0.1, 0.15) is 5.82 Å². The van der Waals surface area contributed by atoms with E-state index in [1.54, 1.807) is 7.11 Å². The molecule has 3 heteroatoms. The summed E-state index contributed by atoms with van der Waals surface area (Å²) in [5, 5.41) is 3.35. The highest BCUT2D eigenvalue weighted by atomic mass is 16.5. The number of aromatic nitrogens is 1. The predicted molar refractivity (Wildman–Crippen MR) is 58.8 cm³/mol. The Morgan fingerprint density at radius 3 is 2.71 bits per heavy atom. The van der Waals surface area contributed by atoms with Crippen molar-refractivity contribution in [1.82, 2.24) is 4.98 Å². The normalized spacial score (nSPS) is 11.1. The molecule has 0 unspecified atom stereocenters. The third-order valence-electron chi connectivity index (χ3n) is 2.28. The van der Waals surface area contributed by atoms with Crippen LogP contribution in [-0.4, -0.2) is 17.6 Å². The summed E-state index contributed by atoms with van der Waals surface area (Å²) >= 11 is 0. The van der Waals surface area contributed by atoms with Gasteiger partial charge in [-0.05, 0) is 26.3 Å². The molecule has 3 nitrogen and oxygen atoms in total. The van der Waals surface area contributed by atoms with Crippen LogP contribution in [0.15, 0.2) is 18.2 Å². The average molecular weight is 194 g/mol. The monoisotopic (exact) mass is 194 g/mol. The second-order valence-corrected chi connectivity index (χ2v) is 3.93. The van der Waals surface area contributed by atoms with E-state index in [0.717, 1.165) is 12.2 Å². The van der Waals surface area contributed by atoms with E-state index in [4.69, 9.17) is 4.74 Å². The molecule has 0 saturated carbocycles. The van der Waals surface area contributed by atoms with Crippen LogP contribution in [0.5, 0.6) is 5.88 Å². The molecule has 0 atom stereocenters. The van der Waals surface area contributed by atoms with Crippen LogP contribution in [0, 0.1) is 0 Å². The van der Waals surface area contributed by atoms with E-state index in [0.29, 0.717) is 5.88 Å². The Morgan fingerprint density at radius 1 is 1.43 bits per heavy atom. The maximum absolute atomic E-state index is 5.05. The third-order valence-corrected chi connectivity index (χ3v) is 2.28. The number of nitrogens with one attached hydrogen (secondary N) is 1. The number of anilines is 1. The summed E-state index contributed by atoms with van der Waals surface area (Å²) in [6.07, 6.45) is 1.05. The molecule has 1 aromatic rings. The van der Waals surface area contributed by atoms with Gasteiger partial charge in [-0.2, -0.15) is 4.98 Å². The zero-order valence-corrected chi connectivity index (χ0v) is 9.29. The molecule has 0 aliphatic carbocycles. The molecule has 1 rings (SSSR count). The van der Waals surface area contributed by atoms with Crippen molar-refractivity contribution in [3.8, 4) is 5.88 Å². The van der Waals surface area contributed by atoms with Gasteiger partial charge in [0.25, 0.3) is 0 Å². The lowest BCUT2D eigenvalue weighted by molar-refractivity contribution is 0.398. The lowest BCUT2D eigenvalue weighted by atomic mass is 10.0. The fourth-order valence-electron chi connectivity index (χ4n) is 1.03. The average Bonchev–Trinajstić information content (AvgIpc) is 2.17. The molecule has 14 heavy (non-hydrogen) atoms. The first-order valence-electron chi connectivity index (χ1n) is 4.86. The van der Waals surface area contributed by atoms with Gasteiger partial charge in [0.2, 0.25) is 5.88 Å². The van der Waals surface area contributed by atoms with Crippen LogP contribution < -0.4 is 10.1 Å². The molecule has 0 amide bonds. The molecule has 0 radical (unpaired) electrons. The molecule has 0 fully saturated rings. The summed E-state index contributed by atoms with van der Waals surface area (Å²) < 4.78 is 5.05. The summed E-state index contributed by atoms with van der Waals surface area (Å²) in [6, 6.07) is 5.71. The van der Waals surface area contributed by atoms with Gasteiger partial charge in [-0.15, -0.1) is 0 Å². The van der Waals surface area contributed by atoms with Crippen molar-refractivity contribution < 1.29 is 4.74 Å². The van der Waals surface area contributed by atoms with E-state index in [1.807, 2.05) is 18.2 Å². The summed E-state index contributed by atoms with van der Waals surface area (Å²) in [5.41, 5.74) is 0.0688. The zero-order chi connectivity index (χ0) is 10.6. The quantitative estimate of drug-likeness (QED) is 0.800. The fraction of sp³-hybridized carbons (Fsp3) is 0.545. The van der Waals surface area contributed by atoms with Gasteiger partial charge in [-0.25, -0.2) is 0 Å². The van der Waals surface area contributed by atoms with Crippen LogP contribution in [-0.2, 0) is 0 Å². The van der Waals surface area contributed by atoms with Crippen LogP contribution >= 0.6 is 0 Å². The Labute approximate surface area is 85.5 Å². The molecule has 0 spiro atoms. The molecule has 0 bridgehead atoms. The smallest absolute Gasteiger partial charge is 0.214 e. The number of methoxy groups -OCH3 is 1. The summed E-state index contributed by atoms with van der Waals surface area (Å²) in [6.45, 7) is 6.44. The van der Waals surface area contributed by atoms with Crippen LogP contribution in [0.25, 0.3) is 0 Å². The molecular formula is C11H18N2O. The first-order chi connectivity index (χ1) is 6.57. The number of ether oxygens (including phenoxy) is 1. The predicted octanol–water partition coefficient (Wildman–Crippen LogP) is 2.69. The van der Waals surface area contributed by atoms with E-state index in [2.05, 4.69) is 31.1 Å². The van der Waals surface area contributed by atoms with Crippen molar-refractivity contribution >= 4 is 5.82 Å². The standard InChI is InChI=1S/C11H18N2O/c1-5-11(2,3)13-9-7-6-8-10(12-9)14-4/h6-8H,5H2,1-4H3,(H,12,13). The highest BCUT2D eigenvalue weighted by Crippen LogP contribution is 2.17. The highest BCUT2D eigenvalue weighted by molar-refractivity contribution is 5.39. The maximum atomic E-state index is 5.05. The molecule has 0 aliphatic rings. The van der Waals surface area contributed by atoms with Crippen LogP contribution in [0.1, 0.15) is 27.2 Å². The second-order valence-electron chi connectivity index (χ2n) is 3.93. The third kappa shape index (κ3) is 2.91. The van der Waals surface area contributed by atoms with E-state index in [-0.39, 0.29) is 5.54 Å². The Balaban J connectivity index is 2.76. The minimum absolute atomic E-state index is 0.0688. The van der Waals surface area contributed by atoms with E-state index >= 15 is 0 Å². The van der Waals surface area contributed by atoms with Crippen LogP contribution in [0.3, 0.4) is 0 Å². The van der Waals surface area contributed by atoms with Gasteiger partial charge in [0, 0.05) is 11.6 Å². The van der Waals surface area contributed by atoms with E-state index in [9.17, 15) is 0 Å². The molecular weight excluding hydrogens is 176 g/mol. The van der Waals surface area contributed by atoms with Crippen molar-refractivity contribution in [2.24, 2.45) is 0 Å². The maximum Gasteiger partial charge on any atom is 0.214 e. The highest BCUT2D eigenvalue weighted by Gasteiger charge is 2.14. The number of nitrogens with zero attached hydrogens (tertiary/aromatic N) is 1. The van der Waals surface area contributed by atoms with Crippen molar-refractivity contribution in [2.45, 2.75) is 32.7 Å². The van der Waals surface area contributed by atoms with Crippen molar-refractivity contribution in [3.63, 3.8) is 0 Å². The first-order valence-corrected chi connectivity index (χ1v) is 4.86. The van der Waals surface area contributed by atoms with Gasteiger partial charge in [-0.3, -0.25) is 0 Å². The Hall–Kier alpha value is -1.25. The molecule has 0 aromatic carbocycles. The Morgan fingerprint density at radius 2 is 2.14 bits per heavy atom. The largest absolute Gasteiger partial charge is 0.481 e. The van der Waals surface area contributed by atoms with E-state index < -0.39 is 0 Å². The van der Waals surface area contributed by atoms with Gasteiger partial charge >= 0.3 is 0 Å². The molecule has 1 aromatic heterocycles. The SMILES string of the molecule is CCC(C)(C)Nc1cccc(OC)n1. The van der Waals surface area contributed by atoms with Crippen molar-refractivity contribution in [2.75, 3.05) is 12.4 Å². The molecule has 0 saturated heterocycles. The van der Waals surface area contributed by atoms with Gasteiger partial charge < -0.3 is 10.1 Å². The lowest BCUT2D eigenvalue weighted by Gasteiger charge is -2.25. The summed E-state index contributed by atoms with van der Waals surface area (Å²) in [5.74, 6) is 1.50. The van der Waals surface area contributed by atoms with Gasteiger partial charge in [0.15, 0.2) is 0 Å². The van der Waals surface area contributed by atoms with Crippen molar-refractivity contribution in [3.05, 3.63) is 18.2 Å².